The number of aryl methyl sites for hydroxylation is 1. The predicted molar refractivity (Wildman–Crippen MR) is 64.3 cm³/mol. The zero-order chi connectivity index (χ0) is 10.8. The Bertz CT molecular complexity index is 452. The van der Waals surface area contributed by atoms with Crippen LogP contribution in [0.25, 0.3) is 10.8 Å². The first kappa shape index (κ1) is 10.8. The zero-order valence-corrected chi connectivity index (χ0v) is 10.9. The highest BCUT2D eigenvalue weighted by molar-refractivity contribution is 9.09. The topological polar surface area (TPSA) is 38.9 Å². The van der Waals surface area contributed by atoms with Gasteiger partial charge in [0.25, 0.3) is 0 Å². The molecule has 0 aliphatic heterocycles. The van der Waals surface area contributed by atoms with Gasteiger partial charge in [0.15, 0.2) is 10.8 Å². The van der Waals surface area contributed by atoms with Gasteiger partial charge in [0.1, 0.15) is 10.8 Å². The molecule has 2 aromatic rings. The fourth-order valence-corrected chi connectivity index (χ4v) is 2.42. The maximum atomic E-state index is 5.49. The summed E-state index contributed by atoms with van der Waals surface area (Å²) in [4.78, 5) is 0.291. The van der Waals surface area contributed by atoms with Crippen molar-refractivity contribution in [3.63, 3.8) is 0 Å². The van der Waals surface area contributed by atoms with Crippen molar-refractivity contribution in [2.75, 3.05) is 0 Å². The molecule has 0 saturated heterocycles. The Hall–Kier alpha value is -0.680. The van der Waals surface area contributed by atoms with Gasteiger partial charge in [-0.1, -0.05) is 34.2 Å². The largest absolute Gasteiger partial charge is 0.459 e. The minimum atomic E-state index is 0.291. The second kappa shape index (κ2) is 4.45. The van der Waals surface area contributed by atoms with E-state index in [1.54, 1.807) is 11.3 Å². The highest BCUT2D eigenvalue weighted by atomic mass is 79.9. The molecule has 0 N–H and O–H groups in total. The van der Waals surface area contributed by atoms with Crippen LogP contribution in [0.5, 0.6) is 0 Å². The lowest BCUT2D eigenvalue weighted by molar-refractivity contribution is 0.547. The average Bonchev–Trinajstić information content (AvgIpc) is 2.84. The van der Waals surface area contributed by atoms with E-state index >= 15 is 0 Å². The third kappa shape index (κ3) is 2.29. The smallest absolute Gasteiger partial charge is 0.183 e. The molecule has 0 spiro atoms. The normalized spacial score (nSPS) is 13.0. The Morgan fingerprint density at radius 1 is 1.47 bits per heavy atom. The van der Waals surface area contributed by atoms with E-state index in [1.165, 1.54) is 0 Å². The van der Waals surface area contributed by atoms with Crippen molar-refractivity contribution in [1.29, 1.82) is 0 Å². The summed E-state index contributed by atoms with van der Waals surface area (Å²) in [6.45, 7) is 4.03. The van der Waals surface area contributed by atoms with E-state index in [0.29, 0.717) is 4.83 Å². The number of halogens is 1. The molecular formula is C10H11BrN2OS. The second-order valence-electron chi connectivity index (χ2n) is 3.23. The van der Waals surface area contributed by atoms with E-state index in [0.717, 1.165) is 28.0 Å². The Kier molecular flexibility index (Phi) is 3.21. The third-order valence-corrected chi connectivity index (χ3v) is 4.45. The van der Waals surface area contributed by atoms with E-state index in [9.17, 15) is 0 Å². The Balaban J connectivity index is 2.27. The molecule has 2 rings (SSSR count). The van der Waals surface area contributed by atoms with Gasteiger partial charge in [0.05, 0.1) is 4.83 Å². The minimum Gasteiger partial charge on any atom is -0.459 e. The van der Waals surface area contributed by atoms with Crippen LogP contribution in [0.2, 0.25) is 0 Å². The molecule has 0 fully saturated rings. The van der Waals surface area contributed by atoms with Gasteiger partial charge in [-0.15, -0.1) is 10.2 Å². The van der Waals surface area contributed by atoms with Gasteiger partial charge >= 0.3 is 0 Å². The molecule has 0 aliphatic carbocycles. The summed E-state index contributed by atoms with van der Waals surface area (Å²) in [5.41, 5.74) is 0. The van der Waals surface area contributed by atoms with Crippen LogP contribution in [-0.2, 0) is 0 Å². The van der Waals surface area contributed by atoms with Crippen molar-refractivity contribution >= 4 is 27.3 Å². The quantitative estimate of drug-likeness (QED) is 0.802. The lowest BCUT2D eigenvalue weighted by Crippen LogP contribution is -1.84. The summed E-state index contributed by atoms with van der Waals surface area (Å²) < 4.78 is 5.49. The van der Waals surface area contributed by atoms with Crippen LogP contribution in [0.3, 0.4) is 0 Å². The van der Waals surface area contributed by atoms with E-state index in [2.05, 4.69) is 33.1 Å². The Morgan fingerprint density at radius 3 is 2.87 bits per heavy atom. The summed E-state index contributed by atoms with van der Waals surface area (Å²) in [6, 6.07) is 3.86. The Labute approximate surface area is 101 Å². The van der Waals surface area contributed by atoms with Crippen molar-refractivity contribution in [1.82, 2.24) is 10.2 Å². The number of aromatic nitrogens is 2. The number of nitrogens with zero attached hydrogens (tertiary/aromatic N) is 2. The second-order valence-corrected chi connectivity index (χ2v) is 5.35. The fraction of sp³-hybridized carbons (Fsp3) is 0.400. The lowest BCUT2D eigenvalue weighted by Gasteiger charge is -1.97. The number of rotatable bonds is 3. The number of hydrogen-bond donors (Lipinski definition) is 0. The van der Waals surface area contributed by atoms with Crippen LogP contribution in [0.1, 0.15) is 28.9 Å². The first-order valence-electron chi connectivity index (χ1n) is 4.75. The maximum absolute atomic E-state index is 5.49. The molecule has 0 amide bonds. The first-order valence-corrected chi connectivity index (χ1v) is 6.48. The summed E-state index contributed by atoms with van der Waals surface area (Å²) in [5.74, 6) is 1.69. The first-order chi connectivity index (χ1) is 7.20. The van der Waals surface area contributed by atoms with E-state index in [-0.39, 0.29) is 0 Å². The van der Waals surface area contributed by atoms with Crippen LogP contribution in [0, 0.1) is 6.92 Å². The van der Waals surface area contributed by atoms with Crippen LogP contribution >= 0.6 is 27.3 Å². The molecule has 15 heavy (non-hydrogen) atoms. The molecule has 2 aromatic heterocycles. The maximum Gasteiger partial charge on any atom is 0.183 e. The summed E-state index contributed by atoms with van der Waals surface area (Å²) in [6.07, 6.45) is 1.01. The number of furan rings is 1. The van der Waals surface area contributed by atoms with E-state index < -0.39 is 0 Å². The monoisotopic (exact) mass is 286 g/mol. The zero-order valence-electron chi connectivity index (χ0n) is 8.53. The van der Waals surface area contributed by atoms with Gasteiger partial charge in [-0.2, -0.15) is 0 Å². The van der Waals surface area contributed by atoms with Crippen LogP contribution in [0.4, 0.5) is 0 Å². The molecule has 5 heteroatoms. The van der Waals surface area contributed by atoms with Gasteiger partial charge < -0.3 is 4.42 Å². The molecule has 80 valence electrons. The standard InChI is InChI=1S/C10H11BrN2OS/c1-3-7(11)9-12-13-10(15-9)8-5-4-6(2)14-8/h4-5,7H,3H2,1-2H3. The molecular weight excluding hydrogens is 276 g/mol. The molecule has 2 heterocycles. The predicted octanol–water partition coefficient (Wildman–Crippen LogP) is 3.95. The van der Waals surface area contributed by atoms with Gasteiger partial charge in [-0.25, -0.2) is 0 Å². The number of hydrogen-bond acceptors (Lipinski definition) is 4. The van der Waals surface area contributed by atoms with Crippen molar-refractivity contribution in [2.45, 2.75) is 25.1 Å². The summed E-state index contributed by atoms with van der Waals surface area (Å²) >= 11 is 5.12. The summed E-state index contributed by atoms with van der Waals surface area (Å²) in [7, 11) is 0. The average molecular weight is 287 g/mol. The van der Waals surface area contributed by atoms with Gasteiger partial charge in [0.2, 0.25) is 0 Å². The van der Waals surface area contributed by atoms with Crippen molar-refractivity contribution in [3.05, 3.63) is 22.9 Å². The van der Waals surface area contributed by atoms with E-state index in [1.807, 2.05) is 19.1 Å². The molecule has 0 bridgehead atoms. The van der Waals surface area contributed by atoms with Crippen molar-refractivity contribution < 1.29 is 4.42 Å². The van der Waals surface area contributed by atoms with Crippen LogP contribution in [-0.4, -0.2) is 10.2 Å². The minimum absolute atomic E-state index is 0.291. The molecule has 1 atom stereocenters. The van der Waals surface area contributed by atoms with E-state index in [4.69, 9.17) is 4.42 Å². The Morgan fingerprint density at radius 2 is 2.27 bits per heavy atom. The molecule has 1 unspecified atom stereocenters. The highest BCUT2D eigenvalue weighted by Gasteiger charge is 2.14. The van der Waals surface area contributed by atoms with Crippen molar-refractivity contribution in [3.8, 4) is 10.8 Å². The molecule has 0 aliphatic rings. The van der Waals surface area contributed by atoms with Gasteiger partial charge in [0, 0.05) is 0 Å². The molecule has 0 aromatic carbocycles. The van der Waals surface area contributed by atoms with Crippen molar-refractivity contribution in [2.24, 2.45) is 0 Å². The van der Waals surface area contributed by atoms with Crippen LogP contribution in [0.15, 0.2) is 16.5 Å². The fourth-order valence-electron chi connectivity index (χ4n) is 1.18. The lowest BCUT2D eigenvalue weighted by atomic mass is 10.4. The molecule has 0 radical (unpaired) electrons. The van der Waals surface area contributed by atoms with Gasteiger partial charge in [-0.05, 0) is 25.5 Å². The highest BCUT2D eigenvalue weighted by Crippen LogP contribution is 2.32. The molecule has 0 saturated carbocycles. The van der Waals surface area contributed by atoms with Crippen LogP contribution < -0.4 is 0 Å². The summed E-state index contributed by atoms with van der Waals surface area (Å²) in [5, 5.41) is 10.1. The van der Waals surface area contributed by atoms with Gasteiger partial charge in [-0.3, -0.25) is 0 Å². The third-order valence-electron chi connectivity index (χ3n) is 2.02. The number of alkyl halides is 1. The SMILES string of the molecule is CCC(Br)c1nnc(-c2ccc(C)o2)s1. The molecule has 3 nitrogen and oxygen atoms in total.